The van der Waals surface area contributed by atoms with Crippen molar-refractivity contribution in [2.45, 2.75) is 0 Å². The molecule has 30 heavy (non-hydrogen) atoms. The number of aromatic nitrogens is 3. The number of furan rings is 1. The third-order valence-electron chi connectivity index (χ3n) is 4.52. The molecule has 2 aromatic carbocycles. The van der Waals surface area contributed by atoms with Gasteiger partial charge in [-0.05, 0) is 54.6 Å². The number of fused-ring (bicyclic) bond motifs is 1. The molecule has 5 rings (SSSR count). The summed E-state index contributed by atoms with van der Waals surface area (Å²) in [5, 5.41) is 7.19. The maximum Gasteiger partial charge on any atom is 0.336 e. The van der Waals surface area contributed by atoms with Gasteiger partial charge in [-0.25, -0.2) is 4.68 Å². The molecule has 3 heterocycles. The molecule has 4 aromatic rings. The van der Waals surface area contributed by atoms with Crippen LogP contribution in [0.25, 0.3) is 17.1 Å². The first-order valence-corrected chi connectivity index (χ1v) is 9.07. The van der Waals surface area contributed by atoms with Crippen LogP contribution in [0, 0.1) is 0 Å². The Hall–Kier alpha value is -4.27. The molecule has 2 aromatic heterocycles. The van der Waals surface area contributed by atoms with Crippen molar-refractivity contribution >= 4 is 11.6 Å². The first kappa shape index (κ1) is 17.8. The Morgan fingerprint density at radius 3 is 2.70 bits per heavy atom. The van der Waals surface area contributed by atoms with Gasteiger partial charge in [0.15, 0.2) is 23.1 Å². The molecule has 150 valence electrons. The molecule has 0 saturated heterocycles. The molecule has 0 radical (unpaired) electrons. The maximum atomic E-state index is 12.1. The fourth-order valence-electron chi connectivity index (χ4n) is 3.07. The Kier molecular flexibility index (Phi) is 4.32. The molecule has 1 aliphatic rings. The largest absolute Gasteiger partial charge is 0.466 e. The highest BCUT2D eigenvalue weighted by Gasteiger charge is 2.19. The lowest BCUT2D eigenvalue weighted by Gasteiger charge is -2.08. The average molecular weight is 404 g/mol. The lowest BCUT2D eigenvalue weighted by atomic mass is 10.2. The molecule has 1 N–H and O–H groups in total. The van der Waals surface area contributed by atoms with Crippen LogP contribution in [-0.2, 0) is 0 Å². The summed E-state index contributed by atoms with van der Waals surface area (Å²) in [6.45, 7) is 0.194. The van der Waals surface area contributed by atoms with Crippen LogP contribution in [0.15, 0.2) is 65.3 Å². The number of benzene rings is 2. The Balaban J connectivity index is 1.45. The monoisotopic (exact) mass is 404 g/mol. The number of hydrogen-bond donors (Lipinski definition) is 1. The molecule has 1 amide bonds. The van der Waals surface area contributed by atoms with Crippen molar-refractivity contribution in [1.82, 2.24) is 14.8 Å². The Morgan fingerprint density at radius 1 is 1.10 bits per heavy atom. The highest BCUT2D eigenvalue weighted by atomic mass is 16.7. The van der Waals surface area contributed by atoms with Gasteiger partial charge in [0, 0.05) is 11.3 Å². The van der Waals surface area contributed by atoms with Crippen LogP contribution in [0.5, 0.6) is 17.5 Å². The zero-order chi connectivity index (χ0) is 20.5. The SMILES string of the molecule is COc1nc(-c2ccc3c(c2)OCO3)n(-c2ccc(NC(=O)c3ccco3)cc2)n1. The van der Waals surface area contributed by atoms with Crippen molar-refractivity contribution in [2.24, 2.45) is 0 Å². The summed E-state index contributed by atoms with van der Waals surface area (Å²) in [6, 6.07) is 16.2. The minimum absolute atomic E-state index is 0.194. The van der Waals surface area contributed by atoms with Crippen LogP contribution in [-0.4, -0.2) is 34.6 Å². The van der Waals surface area contributed by atoms with Gasteiger partial charge in [0.25, 0.3) is 5.91 Å². The summed E-state index contributed by atoms with van der Waals surface area (Å²) in [7, 11) is 1.51. The standard InChI is InChI=1S/C21H16N4O5/c1-27-21-23-19(13-4-9-16-18(11-13)30-12-29-16)25(24-21)15-7-5-14(6-8-15)22-20(26)17-3-2-10-28-17/h2-11H,12H2,1H3,(H,22,26). The summed E-state index contributed by atoms with van der Waals surface area (Å²) in [5.74, 6) is 1.84. The van der Waals surface area contributed by atoms with Crippen LogP contribution in [0.2, 0.25) is 0 Å². The van der Waals surface area contributed by atoms with E-state index < -0.39 is 0 Å². The topological polar surface area (TPSA) is 101 Å². The molecule has 0 saturated carbocycles. The van der Waals surface area contributed by atoms with Gasteiger partial charge in [-0.15, -0.1) is 5.10 Å². The highest BCUT2D eigenvalue weighted by molar-refractivity contribution is 6.02. The normalized spacial score (nSPS) is 12.0. The Bertz CT molecular complexity index is 1200. The minimum Gasteiger partial charge on any atom is -0.466 e. The van der Waals surface area contributed by atoms with E-state index in [1.807, 2.05) is 30.3 Å². The van der Waals surface area contributed by atoms with Gasteiger partial charge in [0.05, 0.1) is 19.1 Å². The zero-order valence-electron chi connectivity index (χ0n) is 15.9. The third kappa shape index (κ3) is 3.22. The van der Waals surface area contributed by atoms with E-state index in [1.54, 1.807) is 28.9 Å². The van der Waals surface area contributed by atoms with E-state index in [1.165, 1.54) is 13.4 Å². The third-order valence-corrected chi connectivity index (χ3v) is 4.52. The van der Waals surface area contributed by atoms with Crippen LogP contribution in [0.3, 0.4) is 0 Å². The summed E-state index contributed by atoms with van der Waals surface area (Å²) < 4.78 is 22.8. The van der Waals surface area contributed by atoms with Gasteiger partial charge >= 0.3 is 6.01 Å². The van der Waals surface area contributed by atoms with Gasteiger partial charge in [0.2, 0.25) is 6.79 Å². The van der Waals surface area contributed by atoms with Crippen molar-refractivity contribution in [3.63, 3.8) is 0 Å². The van der Waals surface area contributed by atoms with Gasteiger partial charge < -0.3 is 23.9 Å². The summed E-state index contributed by atoms with van der Waals surface area (Å²) in [6.07, 6.45) is 1.45. The molecule has 0 aliphatic carbocycles. The summed E-state index contributed by atoms with van der Waals surface area (Å²) in [4.78, 5) is 16.6. The van der Waals surface area contributed by atoms with E-state index >= 15 is 0 Å². The molecule has 0 unspecified atom stereocenters. The van der Waals surface area contributed by atoms with E-state index in [0.29, 0.717) is 23.0 Å². The van der Waals surface area contributed by atoms with Gasteiger partial charge in [-0.2, -0.15) is 4.98 Å². The Morgan fingerprint density at radius 2 is 1.93 bits per heavy atom. The molecular formula is C21H16N4O5. The number of ether oxygens (including phenoxy) is 3. The van der Waals surface area contributed by atoms with Crippen LogP contribution < -0.4 is 19.5 Å². The fourth-order valence-corrected chi connectivity index (χ4v) is 3.07. The van der Waals surface area contributed by atoms with Crippen molar-refractivity contribution in [3.8, 4) is 34.6 Å². The second-order valence-corrected chi connectivity index (χ2v) is 6.38. The lowest BCUT2D eigenvalue weighted by molar-refractivity contribution is 0.0996. The van der Waals surface area contributed by atoms with Crippen LogP contribution >= 0.6 is 0 Å². The van der Waals surface area contributed by atoms with E-state index in [4.69, 9.17) is 18.6 Å². The second kappa shape index (κ2) is 7.28. The van der Waals surface area contributed by atoms with E-state index in [0.717, 1.165) is 11.3 Å². The van der Waals surface area contributed by atoms with E-state index in [9.17, 15) is 4.79 Å². The van der Waals surface area contributed by atoms with Gasteiger partial charge in [-0.3, -0.25) is 4.79 Å². The van der Waals surface area contributed by atoms with Gasteiger partial charge in [-0.1, -0.05) is 0 Å². The van der Waals surface area contributed by atoms with Crippen LogP contribution in [0.4, 0.5) is 5.69 Å². The maximum absolute atomic E-state index is 12.1. The first-order chi connectivity index (χ1) is 14.7. The first-order valence-electron chi connectivity index (χ1n) is 9.07. The van der Waals surface area contributed by atoms with E-state index in [2.05, 4.69) is 15.4 Å². The molecule has 0 atom stereocenters. The predicted molar refractivity (Wildman–Crippen MR) is 106 cm³/mol. The fraction of sp³-hybridized carbons (Fsp3) is 0.0952. The summed E-state index contributed by atoms with van der Waals surface area (Å²) in [5.41, 5.74) is 2.16. The molecule has 1 aliphatic heterocycles. The molecule has 0 bridgehead atoms. The lowest BCUT2D eigenvalue weighted by Crippen LogP contribution is -2.10. The predicted octanol–water partition coefficient (Wildman–Crippen LogP) is 3.52. The number of nitrogens with one attached hydrogen (secondary N) is 1. The van der Waals surface area contributed by atoms with Crippen molar-refractivity contribution < 1.29 is 23.4 Å². The number of anilines is 1. The van der Waals surface area contributed by atoms with Crippen molar-refractivity contribution in [2.75, 3.05) is 19.2 Å². The highest BCUT2D eigenvalue weighted by Crippen LogP contribution is 2.36. The smallest absolute Gasteiger partial charge is 0.336 e. The molecule has 0 spiro atoms. The molecular weight excluding hydrogens is 388 g/mol. The van der Waals surface area contributed by atoms with Crippen molar-refractivity contribution in [1.29, 1.82) is 0 Å². The van der Waals surface area contributed by atoms with Gasteiger partial charge in [0.1, 0.15) is 0 Å². The molecule has 9 nitrogen and oxygen atoms in total. The summed E-state index contributed by atoms with van der Waals surface area (Å²) >= 11 is 0. The molecule has 9 heteroatoms. The zero-order valence-corrected chi connectivity index (χ0v) is 15.9. The number of carbonyl (C=O) groups is 1. The molecule has 0 fully saturated rings. The quantitative estimate of drug-likeness (QED) is 0.543. The number of rotatable bonds is 5. The Labute approximate surface area is 170 Å². The van der Waals surface area contributed by atoms with E-state index in [-0.39, 0.29) is 24.5 Å². The number of nitrogens with zero attached hydrogens (tertiary/aromatic N) is 3. The number of carbonyl (C=O) groups excluding carboxylic acids is 1. The number of hydrogen-bond acceptors (Lipinski definition) is 7. The number of methoxy groups -OCH3 is 1. The average Bonchev–Trinajstić information content (AvgIpc) is 3.54. The number of amides is 1. The van der Waals surface area contributed by atoms with Crippen molar-refractivity contribution in [3.05, 3.63) is 66.6 Å². The second-order valence-electron chi connectivity index (χ2n) is 6.38. The minimum atomic E-state index is -0.323. The van der Waals surface area contributed by atoms with Crippen LogP contribution in [0.1, 0.15) is 10.6 Å².